The molecular formula is C15H15N3O6. The summed E-state index contributed by atoms with van der Waals surface area (Å²) in [5.74, 6) is -0.180. The third-order valence-electron chi connectivity index (χ3n) is 3.96. The maximum atomic E-state index is 12.3. The van der Waals surface area contributed by atoms with Crippen molar-refractivity contribution in [1.29, 1.82) is 0 Å². The van der Waals surface area contributed by atoms with Gasteiger partial charge in [0.1, 0.15) is 16.9 Å². The number of fused-ring (bicyclic) bond motifs is 1. The first kappa shape index (κ1) is 15.7. The smallest absolute Gasteiger partial charge is 0.343 e. The summed E-state index contributed by atoms with van der Waals surface area (Å²) in [5, 5.41) is 0. The molecule has 3 rings (SSSR count). The second-order valence-electron chi connectivity index (χ2n) is 5.17. The lowest BCUT2D eigenvalue weighted by molar-refractivity contribution is 0.0452. The highest BCUT2D eigenvalue weighted by Gasteiger charge is 2.39. The van der Waals surface area contributed by atoms with Crippen molar-refractivity contribution in [3.8, 4) is 11.5 Å². The molecule has 0 saturated heterocycles. The van der Waals surface area contributed by atoms with Crippen LogP contribution in [0.15, 0.2) is 21.7 Å². The van der Waals surface area contributed by atoms with Crippen LogP contribution in [0.2, 0.25) is 0 Å². The number of esters is 1. The Labute approximate surface area is 135 Å². The number of carbonyl (C=O) groups excluding carboxylic acids is 1. The number of nitrogen functional groups attached to an aromatic ring is 1. The van der Waals surface area contributed by atoms with E-state index in [4.69, 9.17) is 19.9 Å². The third kappa shape index (κ3) is 2.05. The molecule has 1 aromatic heterocycles. The van der Waals surface area contributed by atoms with Gasteiger partial charge in [-0.3, -0.25) is 14.3 Å². The first-order chi connectivity index (χ1) is 11.4. The number of anilines is 1. The van der Waals surface area contributed by atoms with Crippen molar-refractivity contribution < 1.29 is 19.0 Å². The molecule has 9 nitrogen and oxygen atoms in total. The Kier molecular flexibility index (Phi) is 3.55. The van der Waals surface area contributed by atoms with Gasteiger partial charge in [-0.05, 0) is 6.07 Å². The third-order valence-corrected chi connectivity index (χ3v) is 3.96. The summed E-state index contributed by atoms with van der Waals surface area (Å²) in [4.78, 5) is 38.2. The SMILES string of the molecule is COc1ccc2c(c1OC)C(=O)OC2c1c(N)n(C)c(=O)[nH]c1=O. The zero-order chi connectivity index (χ0) is 17.6. The molecule has 0 radical (unpaired) electrons. The van der Waals surface area contributed by atoms with Gasteiger partial charge in [0.2, 0.25) is 0 Å². The number of methoxy groups -OCH3 is 2. The van der Waals surface area contributed by atoms with Gasteiger partial charge in [0, 0.05) is 12.6 Å². The molecule has 1 aliphatic rings. The van der Waals surface area contributed by atoms with E-state index < -0.39 is 23.3 Å². The Morgan fingerprint density at radius 2 is 1.92 bits per heavy atom. The number of aromatic amines is 1. The van der Waals surface area contributed by atoms with Crippen molar-refractivity contribution >= 4 is 11.8 Å². The van der Waals surface area contributed by atoms with Gasteiger partial charge in [0.25, 0.3) is 5.56 Å². The van der Waals surface area contributed by atoms with E-state index in [0.717, 1.165) is 4.57 Å². The molecule has 1 atom stereocenters. The predicted molar refractivity (Wildman–Crippen MR) is 83.5 cm³/mol. The van der Waals surface area contributed by atoms with E-state index in [0.29, 0.717) is 11.3 Å². The Balaban J connectivity index is 2.28. The first-order valence-corrected chi connectivity index (χ1v) is 6.95. The quantitative estimate of drug-likeness (QED) is 0.753. The normalized spacial score (nSPS) is 15.8. The highest BCUT2D eigenvalue weighted by atomic mass is 16.6. The van der Waals surface area contributed by atoms with Crippen LogP contribution in [0.4, 0.5) is 5.82 Å². The number of rotatable bonds is 3. The lowest BCUT2D eigenvalue weighted by atomic mass is 9.99. The second-order valence-corrected chi connectivity index (χ2v) is 5.17. The highest BCUT2D eigenvalue weighted by molar-refractivity contribution is 5.98. The Morgan fingerprint density at radius 1 is 1.21 bits per heavy atom. The number of nitrogens with zero attached hydrogens (tertiary/aromatic N) is 1. The van der Waals surface area contributed by atoms with Crippen molar-refractivity contribution in [1.82, 2.24) is 9.55 Å². The summed E-state index contributed by atoms with van der Waals surface area (Å²) in [5.41, 5.74) is 5.08. The summed E-state index contributed by atoms with van der Waals surface area (Å²) in [6.07, 6.45) is -1.04. The maximum Gasteiger partial charge on any atom is 0.343 e. The number of nitrogens with one attached hydrogen (secondary N) is 1. The van der Waals surface area contributed by atoms with E-state index in [9.17, 15) is 14.4 Å². The van der Waals surface area contributed by atoms with Crippen LogP contribution in [0.3, 0.4) is 0 Å². The average molecular weight is 333 g/mol. The number of hydrogen-bond acceptors (Lipinski definition) is 7. The van der Waals surface area contributed by atoms with Gasteiger partial charge in [0.05, 0.1) is 14.2 Å². The number of ether oxygens (including phenoxy) is 3. The fraction of sp³-hybridized carbons (Fsp3) is 0.267. The van der Waals surface area contributed by atoms with Crippen LogP contribution in [0.1, 0.15) is 27.6 Å². The standard InChI is InChI=1S/C15H15N3O6/c1-18-12(16)9(13(19)17-15(18)21)10-6-4-5-7(22-2)11(23-3)8(6)14(20)24-10/h4-5,10H,16H2,1-3H3,(H,17,19,21). The van der Waals surface area contributed by atoms with Crippen molar-refractivity contribution in [3.63, 3.8) is 0 Å². The van der Waals surface area contributed by atoms with E-state index in [1.54, 1.807) is 12.1 Å². The van der Waals surface area contributed by atoms with Crippen molar-refractivity contribution in [2.24, 2.45) is 7.05 Å². The number of cyclic esters (lactones) is 1. The van der Waals surface area contributed by atoms with Gasteiger partial charge in [-0.1, -0.05) is 6.07 Å². The molecule has 126 valence electrons. The second kappa shape index (κ2) is 5.44. The molecule has 2 aromatic rings. The molecule has 1 aromatic carbocycles. The Bertz CT molecular complexity index is 959. The fourth-order valence-electron chi connectivity index (χ4n) is 2.72. The molecular weight excluding hydrogens is 318 g/mol. The van der Waals surface area contributed by atoms with E-state index in [1.807, 2.05) is 0 Å². The van der Waals surface area contributed by atoms with Crippen molar-refractivity contribution in [2.75, 3.05) is 20.0 Å². The molecule has 0 aliphatic carbocycles. The number of H-pyrrole nitrogens is 1. The van der Waals surface area contributed by atoms with Crippen LogP contribution in [0, 0.1) is 0 Å². The largest absolute Gasteiger partial charge is 0.493 e. The number of carbonyl (C=O) groups is 1. The minimum Gasteiger partial charge on any atom is -0.493 e. The van der Waals surface area contributed by atoms with Gasteiger partial charge in [-0.15, -0.1) is 0 Å². The molecule has 1 aliphatic heterocycles. The van der Waals surface area contributed by atoms with Crippen LogP contribution in [0.5, 0.6) is 11.5 Å². The lowest BCUT2D eigenvalue weighted by Gasteiger charge is -2.15. The molecule has 1 unspecified atom stereocenters. The minimum atomic E-state index is -1.04. The topological polar surface area (TPSA) is 126 Å². The van der Waals surface area contributed by atoms with Gasteiger partial charge in [-0.25, -0.2) is 9.59 Å². The van der Waals surface area contributed by atoms with Gasteiger partial charge < -0.3 is 19.9 Å². The molecule has 9 heteroatoms. The zero-order valence-corrected chi connectivity index (χ0v) is 13.2. The molecule has 2 heterocycles. The van der Waals surface area contributed by atoms with E-state index in [2.05, 4.69) is 4.98 Å². The van der Waals surface area contributed by atoms with Crippen LogP contribution in [0.25, 0.3) is 0 Å². The van der Waals surface area contributed by atoms with Gasteiger partial charge >= 0.3 is 11.7 Å². The number of aromatic nitrogens is 2. The molecule has 24 heavy (non-hydrogen) atoms. The molecule has 0 spiro atoms. The molecule has 0 fully saturated rings. The van der Waals surface area contributed by atoms with Crippen molar-refractivity contribution in [3.05, 3.63) is 49.7 Å². The Morgan fingerprint density at radius 3 is 2.54 bits per heavy atom. The first-order valence-electron chi connectivity index (χ1n) is 6.95. The lowest BCUT2D eigenvalue weighted by Crippen LogP contribution is -2.34. The van der Waals surface area contributed by atoms with E-state index in [1.165, 1.54) is 21.3 Å². The zero-order valence-electron chi connectivity index (χ0n) is 13.2. The number of nitrogens with two attached hydrogens (primary N) is 1. The van der Waals surface area contributed by atoms with Crippen molar-refractivity contribution in [2.45, 2.75) is 6.10 Å². The molecule has 0 amide bonds. The summed E-state index contributed by atoms with van der Waals surface area (Å²) >= 11 is 0. The average Bonchev–Trinajstić information content (AvgIpc) is 2.88. The summed E-state index contributed by atoms with van der Waals surface area (Å²) < 4.78 is 16.8. The minimum absolute atomic E-state index is 0.0172. The highest BCUT2D eigenvalue weighted by Crippen LogP contribution is 2.44. The number of benzene rings is 1. The van der Waals surface area contributed by atoms with Crippen LogP contribution in [-0.4, -0.2) is 29.7 Å². The van der Waals surface area contributed by atoms with Crippen LogP contribution >= 0.6 is 0 Å². The van der Waals surface area contributed by atoms with Gasteiger partial charge in [-0.2, -0.15) is 0 Å². The summed E-state index contributed by atoms with van der Waals surface area (Å²) in [7, 11) is 4.24. The molecule has 0 saturated carbocycles. The van der Waals surface area contributed by atoms with E-state index >= 15 is 0 Å². The molecule has 3 N–H and O–H groups in total. The predicted octanol–water partition coefficient (Wildman–Crippen LogP) is -0.0672. The summed E-state index contributed by atoms with van der Waals surface area (Å²) in [6.45, 7) is 0. The Hall–Kier alpha value is -3.23. The fourth-order valence-corrected chi connectivity index (χ4v) is 2.72. The number of hydrogen-bond donors (Lipinski definition) is 2. The van der Waals surface area contributed by atoms with Crippen LogP contribution in [-0.2, 0) is 11.8 Å². The maximum absolute atomic E-state index is 12.3. The van der Waals surface area contributed by atoms with Crippen LogP contribution < -0.4 is 26.5 Å². The molecule has 0 bridgehead atoms. The monoisotopic (exact) mass is 333 g/mol. The summed E-state index contributed by atoms with van der Waals surface area (Å²) in [6, 6.07) is 3.19. The van der Waals surface area contributed by atoms with Gasteiger partial charge in [0.15, 0.2) is 17.6 Å². The van der Waals surface area contributed by atoms with E-state index in [-0.39, 0.29) is 22.7 Å².